The maximum absolute atomic E-state index is 12.8. The summed E-state index contributed by atoms with van der Waals surface area (Å²) in [6.45, 7) is 1.99. The van der Waals surface area contributed by atoms with Crippen molar-refractivity contribution < 1.29 is 14.3 Å². The van der Waals surface area contributed by atoms with E-state index in [0.717, 1.165) is 28.4 Å². The summed E-state index contributed by atoms with van der Waals surface area (Å²) >= 11 is 0. The lowest BCUT2D eigenvalue weighted by molar-refractivity contribution is 0.104. The minimum absolute atomic E-state index is 0.0953. The van der Waals surface area contributed by atoms with Crippen LogP contribution >= 0.6 is 0 Å². The zero-order valence-corrected chi connectivity index (χ0v) is 16.7. The first-order valence-corrected chi connectivity index (χ1v) is 9.22. The first kappa shape index (κ1) is 20.0. The molecule has 0 fully saturated rings. The van der Waals surface area contributed by atoms with Gasteiger partial charge < -0.3 is 20.1 Å². The first-order valence-electron chi connectivity index (χ1n) is 9.22. The van der Waals surface area contributed by atoms with E-state index >= 15 is 0 Å². The number of ether oxygens (including phenoxy) is 2. The first-order chi connectivity index (χ1) is 14.1. The summed E-state index contributed by atoms with van der Waals surface area (Å²) < 4.78 is 10.4. The molecule has 0 aliphatic heterocycles. The molecule has 0 aliphatic carbocycles. The molecule has 2 N–H and O–H groups in total. The third-order valence-electron chi connectivity index (χ3n) is 4.35. The molecule has 3 rings (SSSR count). The summed E-state index contributed by atoms with van der Waals surface area (Å²) in [5.41, 5.74) is 3.39. The van der Waals surface area contributed by atoms with Crippen LogP contribution in [-0.2, 0) is 0 Å². The van der Waals surface area contributed by atoms with E-state index in [1.165, 1.54) is 0 Å². The van der Waals surface area contributed by atoms with Crippen LogP contribution in [0.3, 0.4) is 0 Å². The predicted octanol–water partition coefficient (Wildman–Crippen LogP) is 5.26. The van der Waals surface area contributed by atoms with Gasteiger partial charge in [0.2, 0.25) is 0 Å². The molecule has 0 radical (unpaired) electrons. The number of rotatable bonds is 8. The molecular formula is C24H24N2O3. The van der Waals surface area contributed by atoms with E-state index < -0.39 is 0 Å². The van der Waals surface area contributed by atoms with Gasteiger partial charge in [-0.25, -0.2) is 0 Å². The number of methoxy groups -OCH3 is 2. The van der Waals surface area contributed by atoms with Crippen molar-refractivity contribution in [1.82, 2.24) is 0 Å². The molecule has 0 amide bonds. The highest BCUT2D eigenvalue weighted by molar-refractivity contribution is 6.05. The smallest absolute Gasteiger partial charge is 0.189 e. The molecule has 0 saturated carbocycles. The third-order valence-corrected chi connectivity index (χ3v) is 4.35. The number of carbonyl (C=O) groups excluding carboxylic acids is 1. The molecule has 3 aromatic rings. The van der Waals surface area contributed by atoms with E-state index in [2.05, 4.69) is 10.6 Å². The van der Waals surface area contributed by atoms with Gasteiger partial charge in [0.05, 0.1) is 14.2 Å². The number of benzene rings is 3. The van der Waals surface area contributed by atoms with Crippen molar-refractivity contribution in [2.75, 3.05) is 24.9 Å². The van der Waals surface area contributed by atoms with E-state index in [4.69, 9.17) is 9.47 Å². The lowest BCUT2D eigenvalue weighted by Crippen LogP contribution is -2.12. The number of carbonyl (C=O) groups is 1. The highest BCUT2D eigenvalue weighted by Crippen LogP contribution is 2.20. The number of ketones is 1. The number of hydrogen-bond acceptors (Lipinski definition) is 5. The van der Waals surface area contributed by atoms with E-state index in [1.807, 2.05) is 79.7 Å². The van der Waals surface area contributed by atoms with Crippen molar-refractivity contribution in [2.45, 2.75) is 6.92 Å². The van der Waals surface area contributed by atoms with E-state index in [-0.39, 0.29) is 5.78 Å². The summed E-state index contributed by atoms with van der Waals surface area (Å²) in [7, 11) is 3.25. The van der Waals surface area contributed by atoms with Crippen LogP contribution in [0.25, 0.3) is 0 Å². The van der Waals surface area contributed by atoms with Gasteiger partial charge in [-0.15, -0.1) is 0 Å². The van der Waals surface area contributed by atoms with Crippen LogP contribution < -0.4 is 20.1 Å². The van der Waals surface area contributed by atoms with Crippen LogP contribution in [0, 0.1) is 6.92 Å². The second-order valence-corrected chi connectivity index (χ2v) is 6.50. The molecule has 0 unspecified atom stereocenters. The van der Waals surface area contributed by atoms with Crippen molar-refractivity contribution in [3.63, 3.8) is 0 Å². The molecule has 0 spiro atoms. The number of aryl methyl sites for hydroxylation is 1. The number of hydrogen-bond donors (Lipinski definition) is 2. The summed E-state index contributed by atoms with van der Waals surface area (Å²) in [6, 6.07) is 22.5. The van der Waals surface area contributed by atoms with Crippen LogP contribution in [-0.4, -0.2) is 20.0 Å². The van der Waals surface area contributed by atoms with Gasteiger partial charge in [-0.2, -0.15) is 0 Å². The second-order valence-electron chi connectivity index (χ2n) is 6.50. The van der Waals surface area contributed by atoms with Gasteiger partial charge in [0.15, 0.2) is 5.78 Å². The third kappa shape index (κ3) is 5.62. The van der Waals surface area contributed by atoms with Gasteiger partial charge in [-0.3, -0.25) is 4.79 Å². The molecule has 0 aliphatic rings. The summed E-state index contributed by atoms with van der Waals surface area (Å²) in [4.78, 5) is 12.8. The average molecular weight is 388 g/mol. The van der Waals surface area contributed by atoms with Crippen molar-refractivity contribution in [2.24, 2.45) is 0 Å². The Labute approximate surface area is 171 Å². The minimum Gasteiger partial charge on any atom is -0.497 e. The van der Waals surface area contributed by atoms with Crippen LogP contribution in [0.15, 0.2) is 84.7 Å². The molecule has 0 aromatic heterocycles. The minimum atomic E-state index is -0.0953. The van der Waals surface area contributed by atoms with Crippen molar-refractivity contribution in [3.05, 3.63) is 95.8 Å². The summed E-state index contributed by atoms with van der Waals surface area (Å²) in [6.07, 6.45) is 1.55. The second kappa shape index (κ2) is 9.46. The van der Waals surface area contributed by atoms with Crippen LogP contribution in [0.4, 0.5) is 11.4 Å². The van der Waals surface area contributed by atoms with Gasteiger partial charge in [-0.05, 0) is 55.5 Å². The molecule has 0 heterocycles. The van der Waals surface area contributed by atoms with Crippen LogP contribution in [0.1, 0.15) is 15.9 Å². The summed E-state index contributed by atoms with van der Waals surface area (Å²) in [5.74, 6) is 1.99. The predicted molar refractivity (Wildman–Crippen MR) is 117 cm³/mol. The molecular weight excluding hydrogens is 364 g/mol. The van der Waals surface area contributed by atoms with E-state index in [0.29, 0.717) is 11.4 Å². The largest absolute Gasteiger partial charge is 0.497 e. The fourth-order valence-electron chi connectivity index (χ4n) is 2.70. The maximum atomic E-state index is 12.8. The molecule has 3 aromatic carbocycles. The van der Waals surface area contributed by atoms with E-state index in [1.54, 1.807) is 20.3 Å². The number of allylic oxidation sites excluding steroid dienone is 1. The SMILES string of the molecule is COc1ccc(NC(=CC(=O)c2ccc(C)cc2)Nc2ccc(OC)cc2)cc1. The van der Waals surface area contributed by atoms with Crippen LogP contribution in [0.5, 0.6) is 11.5 Å². The zero-order valence-electron chi connectivity index (χ0n) is 16.7. The topological polar surface area (TPSA) is 59.6 Å². The lowest BCUT2D eigenvalue weighted by atomic mass is 10.1. The Balaban J connectivity index is 1.85. The van der Waals surface area contributed by atoms with Gasteiger partial charge in [0, 0.05) is 23.0 Å². The van der Waals surface area contributed by atoms with Gasteiger partial charge in [0.25, 0.3) is 0 Å². The zero-order chi connectivity index (χ0) is 20.6. The fourth-order valence-corrected chi connectivity index (χ4v) is 2.70. The lowest BCUT2D eigenvalue weighted by Gasteiger charge is -2.14. The van der Waals surface area contributed by atoms with Crippen molar-refractivity contribution in [1.29, 1.82) is 0 Å². The Bertz CT molecular complexity index is 925. The molecule has 5 nitrogen and oxygen atoms in total. The van der Waals surface area contributed by atoms with Gasteiger partial charge in [-0.1, -0.05) is 29.8 Å². The average Bonchev–Trinajstić information content (AvgIpc) is 2.75. The molecule has 148 valence electrons. The Kier molecular flexibility index (Phi) is 6.53. The quantitative estimate of drug-likeness (QED) is 0.407. The Morgan fingerprint density at radius 2 is 1.17 bits per heavy atom. The standard InChI is InChI=1S/C24H24N2O3/c1-17-4-6-18(7-5-17)23(27)16-24(25-19-8-12-21(28-2)13-9-19)26-20-10-14-22(29-3)15-11-20/h4-16,25-26H,1-3H3. The van der Waals surface area contributed by atoms with Crippen molar-refractivity contribution >= 4 is 17.2 Å². The van der Waals surface area contributed by atoms with Gasteiger partial charge >= 0.3 is 0 Å². The summed E-state index contributed by atoms with van der Waals surface area (Å²) in [5, 5.41) is 6.52. The Hall–Kier alpha value is -3.73. The van der Waals surface area contributed by atoms with E-state index in [9.17, 15) is 4.79 Å². The Morgan fingerprint density at radius 1 is 0.724 bits per heavy atom. The molecule has 29 heavy (non-hydrogen) atoms. The highest BCUT2D eigenvalue weighted by atomic mass is 16.5. The van der Waals surface area contributed by atoms with Gasteiger partial charge in [0.1, 0.15) is 17.3 Å². The molecule has 0 bridgehead atoms. The Morgan fingerprint density at radius 3 is 1.59 bits per heavy atom. The monoisotopic (exact) mass is 388 g/mol. The molecule has 0 atom stereocenters. The molecule has 5 heteroatoms. The fraction of sp³-hybridized carbons (Fsp3) is 0.125. The maximum Gasteiger partial charge on any atom is 0.189 e. The van der Waals surface area contributed by atoms with Crippen molar-refractivity contribution in [3.8, 4) is 11.5 Å². The number of nitrogens with one attached hydrogen (secondary N) is 2. The molecule has 0 saturated heterocycles. The highest BCUT2D eigenvalue weighted by Gasteiger charge is 2.07. The van der Waals surface area contributed by atoms with Crippen LogP contribution in [0.2, 0.25) is 0 Å². The number of anilines is 2. The normalized spacial score (nSPS) is 10.0.